The number of imidazole rings is 1. The number of rotatable bonds is 1. The fourth-order valence-corrected chi connectivity index (χ4v) is 2.31. The van der Waals surface area contributed by atoms with Gasteiger partial charge in [-0.3, -0.25) is 9.55 Å². The van der Waals surface area contributed by atoms with E-state index in [0.717, 1.165) is 21.2 Å². The lowest BCUT2D eigenvalue weighted by Gasteiger charge is -2.08. The van der Waals surface area contributed by atoms with Gasteiger partial charge in [0.05, 0.1) is 17.4 Å². The summed E-state index contributed by atoms with van der Waals surface area (Å²) in [6.07, 6.45) is 3.45. The standard InChI is InChI=1S/C13H11BrN4/c1-8-2-3-9(6-10(8)14)18-12-4-5-16-7-11(12)17-13(18)15/h2-7H,1H3,(H2,15,17). The third-order valence-corrected chi connectivity index (χ3v) is 3.75. The summed E-state index contributed by atoms with van der Waals surface area (Å²) in [5, 5.41) is 0. The molecular formula is C13H11BrN4. The maximum atomic E-state index is 5.98. The summed E-state index contributed by atoms with van der Waals surface area (Å²) in [4.78, 5) is 8.36. The number of hydrogen-bond acceptors (Lipinski definition) is 3. The number of nitrogens with zero attached hydrogens (tertiary/aromatic N) is 3. The van der Waals surface area contributed by atoms with Crippen LogP contribution < -0.4 is 5.73 Å². The van der Waals surface area contributed by atoms with Crippen molar-refractivity contribution in [3.63, 3.8) is 0 Å². The largest absolute Gasteiger partial charge is 0.369 e. The minimum absolute atomic E-state index is 0.466. The first-order valence-electron chi connectivity index (χ1n) is 5.51. The number of hydrogen-bond donors (Lipinski definition) is 1. The monoisotopic (exact) mass is 302 g/mol. The van der Waals surface area contributed by atoms with Crippen LogP contribution in [0.4, 0.5) is 5.95 Å². The zero-order chi connectivity index (χ0) is 12.7. The van der Waals surface area contributed by atoms with Gasteiger partial charge in [0.2, 0.25) is 5.95 Å². The minimum Gasteiger partial charge on any atom is -0.369 e. The number of halogens is 1. The van der Waals surface area contributed by atoms with Crippen LogP contribution in [-0.2, 0) is 0 Å². The molecular weight excluding hydrogens is 292 g/mol. The van der Waals surface area contributed by atoms with Crippen molar-refractivity contribution in [3.8, 4) is 5.69 Å². The van der Waals surface area contributed by atoms with Crippen LogP contribution in [0.3, 0.4) is 0 Å². The summed E-state index contributed by atoms with van der Waals surface area (Å²) in [5.74, 6) is 0.466. The van der Waals surface area contributed by atoms with Gasteiger partial charge in [-0.2, -0.15) is 0 Å². The molecule has 0 spiro atoms. The molecule has 0 unspecified atom stereocenters. The third-order valence-electron chi connectivity index (χ3n) is 2.90. The Kier molecular flexibility index (Phi) is 2.56. The Morgan fingerprint density at radius 3 is 2.89 bits per heavy atom. The molecule has 0 aliphatic carbocycles. The number of aryl methyl sites for hydroxylation is 1. The second-order valence-electron chi connectivity index (χ2n) is 4.10. The molecule has 2 aromatic heterocycles. The van der Waals surface area contributed by atoms with Crippen LogP contribution in [0.1, 0.15) is 5.56 Å². The van der Waals surface area contributed by atoms with Crippen LogP contribution in [-0.4, -0.2) is 14.5 Å². The van der Waals surface area contributed by atoms with Crippen LogP contribution in [0.5, 0.6) is 0 Å². The molecule has 0 amide bonds. The van der Waals surface area contributed by atoms with Gasteiger partial charge in [0.25, 0.3) is 0 Å². The predicted octanol–water partition coefficient (Wildman–Crippen LogP) is 3.07. The van der Waals surface area contributed by atoms with E-state index >= 15 is 0 Å². The molecule has 0 atom stereocenters. The smallest absolute Gasteiger partial charge is 0.205 e. The Bertz CT molecular complexity index is 733. The normalized spacial score (nSPS) is 11.0. The molecule has 0 saturated heterocycles. The van der Waals surface area contributed by atoms with Crippen molar-refractivity contribution in [3.05, 3.63) is 46.7 Å². The Labute approximate surface area is 113 Å². The number of nitrogens with two attached hydrogens (primary N) is 1. The van der Waals surface area contributed by atoms with Crippen molar-refractivity contribution in [2.45, 2.75) is 6.92 Å². The van der Waals surface area contributed by atoms with E-state index in [1.807, 2.05) is 35.8 Å². The minimum atomic E-state index is 0.466. The van der Waals surface area contributed by atoms with Gasteiger partial charge in [-0.1, -0.05) is 22.0 Å². The molecule has 0 aliphatic heterocycles. The molecule has 2 N–H and O–H groups in total. The molecule has 0 bridgehead atoms. The number of anilines is 1. The number of nitrogen functional groups attached to an aromatic ring is 1. The highest BCUT2D eigenvalue weighted by Gasteiger charge is 2.10. The second-order valence-corrected chi connectivity index (χ2v) is 4.96. The van der Waals surface area contributed by atoms with Crippen molar-refractivity contribution in [2.75, 3.05) is 5.73 Å². The number of pyridine rings is 1. The first-order valence-corrected chi connectivity index (χ1v) is 6.30. The molecule has 90 valence electrons. The summed E-state index contributed by atoms with van der Waals surface area (Å²) in [7, 11) is 0. The zero-order valence-electron chi connectivity index (χ0n) is 9.76. The van der Waals surface area contributed by atoms with Crippen LogP contribution >= 0.6 is 15.9 Å². The maximum absolute atomic E-state index is 5.98. The van der Waals surface area contributed by atoms with Gasteiger partial charge in [0.1, 0.15) is 5.52 Å². The lowest BCUT2D eigenvalue weighted by atomic mass is 10.2. The Hall–Kier alpha value is -1.88. The van der Waals surface area contributed by atoms with E-state index in [4.69, 9.17) is 5.73 Å². The molecule has 18 heavy (non-hydrogen) atoms. The molecule has 4 nitrogen and oxygen atoms in total. The van der Waals surface area contributed by atoms with Crippen LogP contribution in [0.15, 0.2) is 41.1 Å². The molecule has 2 heterocycles. The molecule has 0 fully saturated rings. The second kappa shape index (κ2) is 4.10. The van der Waals surface area contributed by atoms with E-state index in [-0.39, 0.29) is 0 Å². The molecule has 0 saturated carbocycles. The van der Waals surface area contributed by atoms with E-state index in [1.165, 1.54) is 5.56 Å². The van der Waals surface area contributed by atoms with E-state index in [9.17, 15) is 0 Å². The van der Waals surface area contributed by atoms with Gasteiger partial charge in [0.15, 0.2) is 0 Å². The topological polar surface area (TPSA) is 56.7 Å². The predicted molar refractivity (Wildman–Crippen MR) is 75.7 cm³/mol. The Balaban J connectivity index is 2.30. The summed E-state index contributed by atoms with van der Waals surface area (Å²) in [5.41, 5.74) is 9.91. The molecule has 0 aliphatic rings. The highest BCUT2D eigenvalue weighted by Crippen LogP contribution is 2.25. The van der Waals surface area contributed by atoms with Gasteiger partial charge >= 0.3 is 0 Å². The highest BCUT2D eigenvalue weighted by atomic mass is 79.9. The number of fused-ring (bicyclic) bond motifs is 1. The first-order chi connectivity index (χ1) is 8.66. The van der Waals surface area contributed by atoms with Crippen molar-refractivity contribution in [1.82, 2.24) is 14.5 Å². The fraction of sp³-hybridized carbons (Fsp3) is 0.0769. The number of aromatic nitrogens is 3. The van der Waals surface area contributed by atoms with Gasteiger partial charge in [0, 0.05) is 10.7 Å². The molecule has 0 radical (unpaired) electrons. The van der Waals surface area contributed by atoms with E-state index in [0.29, 0.717) is 5.95 Å². The Morgan fingerprint density at radius 1 is 1.28 bits per heavy atom. The fourth-order valence-electron chi connectivity index (χ4n) is 1.94. The maximum Gasteiger partial charge on any atom is 0.205 e. The molecule has 3 aromatic rings. The highest BCUT2D eigenvalue weighted by molar-refractivity contribution is 9.10. The van der Waals surface area contributed by atoms with Crippen molar-refractivity contribution in [2.24, 2.45) is 0 Å². The summed E-state index contributed by atoms with van der Waals surface area (Å²) in [6, 6.07) is 8.02. The summed E-state index contributed by atoms with van der Waals surface area (Å²) in [6.45, 7) is 2.05. The van der Waals surface area contributed by atoms with E-state index in [1.54, 1.807) is 12.4 Å². The van der Waals surface area contributed by atoms with Gasteiger partial charge < -0.3 is 5.73 Å². The quantitative estimate of drug-likeness (QED) is 0.751. The Morgan fingerprint density at radius 2 is 2.11 bits per heavy atom. The molecule has 5 heteroatoms. The number of benzene rings is 1. The average Bonchev–Trinajstić information content (AvgIpc) is 2.69. The van der Waals surface area contributed by atoms with Crippen molar-refractivity contribution in [1.29, 1.82) is 0 Å². The van der Waals surface area contributed by atoms with Gasteiger partial charge in [-0.25, -0.2) is 4.98 Å². The first kappa shape index (κ1) is 11.2. The summed E-state index contributed by atoms with van der Waals surface area (Å²) < 4.78 is 2.97. The van der Waals surface area contributed by atoms with Crippen LogP contribution in [0.25, 0.3) is 16.7 Å². The van der Waals surface area contributed by atoms with E-state index in [2.05, 4.69) is 25.9 Å². The summed E-state index contributed by atoms with van der Waals surface area (Å²) >= 11 is 3.53. The third kappa shape index (κ3) is 1.67. The SMILES string of the molecule is Cc1ccc(-n2c(N)nc3cnccc32)cc1Br. The van der Waals surface area contributed by atoms with Crippen molar-refractivity contribution < 1.29 is 0 Å². The molecule has 1 aromatic carbocycles. The van der Waals surface area contributed by atoms with Gasteiger partial charge in [-0.05, 0) is 30.7 Å². The molecule has 3 rings (SSSR count). The van der Waals surface area contributed by atoms with Crippen molar-refractivity contribution >= 4 is 32.9 Å². The lowest BCUT2D eigenvalue weighted by Crippen LogP contribution is -2.00. The zero-order valence-corrected chi connectivity index (χ0v) is 11.3. The average molecular weight is 303 g/mol. The van der Waals surface area contributed by atoms with Crippen LogP contribution in [0, 0.1) is 6.92 Å². The lowest BCUT2D eigenvalue weighted by molar-refractivity contribution is 1.10. The van der Waals surface area contributed by atoms with Crippen LogP contribution in [0.2, 0.25) is 0 Å². The van der Waals surface area contributed by atoms with Gasteiger partial charge in [-0.15, -0.1) is 0 Å². The van der Waals surface area contributed by atoms with E-state index < -0.39 is 0 Å².